The van der Waals surface area contributed by atoms with Crippen LogP contribution < -0.4 is 0 Å². The van der Waals surface area contributed by atoms with Crippen LogP contribution in [0.4, 0.5) is 0 Å². The largest absolute Gasteiger partial charge is 0.451 e. The van der Waals surface area contributed by atoms with Crippen molar-refractivity contribution in [1.82, 2.24) is 9.21 Å². The second-order valence-corrected chi connectivity index (χ2v) is 10.4. The molecule has 0 saturated carbocycles. The molecule has 0 spiro atoms. The van der Waals surface area contributed by atoms with Gasteiger partial charge in [-0.05, 0) is 65.7 Å². The number of fused-ring (bicyclic) bond motifs is 1. The second-order valence-electron chi connectivity index (χ2n) is 8.43. The predicted octanol–water partition coefficient (Wildman–Crippen LogP) is 4.56. The average Bonchev–Trinajstić information content (AvgIpc) is 2.83. The third-order valence-corrected chi connectivity index (χ3v) is 7.55. The van der Waals surface area contributed by atoms with Crippen LogP contribution in [-0.4, -0.2) is 48.7 Å². The number of furan rings is 1. The van der Waals surface area contributed by atoms with Crippen molar-refractivity contribution in [3.05, 3.63) is 29.5 Å². The summed E-state index contributed by atoms with van der Waals surface area (Å²) in [6.07, 6.45) is 3.93. The topological polar surface area (TPSA) is 70.8 Å². The molecule has 0 bridgehead atoms. The molecule has 1 saturated heterocycles. The Bertz CT molecular complexity index is 976. The lowest BCUT2D eigenvalue weighted by atomic mass is 10.1. The fourth-order valence-corrected chi connectivity index (χ4v) is 5.72. The summed E-state index contributed by atoms with van der Waals surface area (Å²) < 4.78 is 33.7. The summed E-state index contributed by atoms with van der Waals surface area (Å²) in [6, 6.07) is 4.98. The fourth-order valence-electron chi connectivity index (χ4n) is 4.18. The van der Waals surface area contributed by atoms with Crippen LogP contribution in [0.1, 0.15) is 69.5 Å². The molecule has 1 amide bonds. The quantitative estimate of drug-likeness (QED) is 0.711. The van der Waals surface area contributed by atoms with E-state index >= 15 is 0 Å². The minimum atomic E-state index is -3.55. The highest BCUT2D eigenvalue weighted by atomic mass is 32.2. The van der Waals surface area contributed by atoms with Crippen molar-refractivity contribution in [2.24, 2.45) is 0 Å². The Morgan fingerprint density at radius 1 is 1.03 bits per heavy atom. The molecule has 160 valence electrons. The molecule has 1 fully saturated rings. The summed E-state index contributed by atoms with van der Waals surface area (Å²) in [5.41, 5.74) is 1.22. The van der Waals surface area contributed by atoms with Crippen molar-refractivity contribution < 1.29 is 17.6 Å². The molecule has 0 atom stereocenters. The number of benzene rings is 1. The highest BCUT2D eigenvalue weighted by Crippen LogP contribution is 2.31. The minimum absolute atomic E-state index is 0.0362. The number of nitrogens with zero attached hydrogens (tertiary/aromatic N) is 2. The van der Waals surface area contributed by atoms with Crippen LogP contribution in [0.2, 0.25) is 0 Å². The van der Waals surface area contributed by atoms with E-state index in [1.807, 2.05) is 34.6 Å². The van der Waals surface area contributed by atoms with Gasteiger partial charge in [-0.25, -0.2) is 8.42 Å². The van der Waals surface area contributed by atoms with Crippen LogP contribution in [0.25, 0.3) is 11.0 Å². The standard InChI is InChI=1S/C22H32N2O4S/c1-15(2)24(16(3)4)22(25)21-17(5)19-14-18(10-11-20(19)28-21)29(26,27)23-12-8-6-7-9-13-23/h10-11,14-16H,6-9,12-13H2,1-5H3. The monoisotopic (exact) mass is 420 g/mol. The normalized spacial score (nSPS) is 16.5. The first-order chi connectivity index (χ1) is 13.6. The smallest absolute Gasteiger partial charge is 0.290 e. The van der Waals surface area contributed by atoms with Gasteiger partial charge in [-0.1, -0.05) is 12.8 Å². The molecule has 2 aromatic rings. The molecule has 1 aromatic carbocycles. The molecule has 7 heteroatoms. The van der Waals surface area contributed by atoms with Gasteiger partial charge in [0.15, 0.2) is 5.76 Å². The lowest BCUT2D eigenvalue weighted by Crippen LogP contribution is -2.42. The molecular weight excluding hydrogens is 388 g/mol. The highest BCUT2D eigenvalue weighted by molar-refractivity contribution is 7.89. The van der Waals surface area contributed by atoms with Crippen molar-refractivity contribution in [3.8, 4) is 0 Å². The molecule has 2 heterocycles. The first-order valence-corrected chi connectivity index (χ1v) is 11.9. The minimum Gasteiger partial charge on any atom is -0.451 e. The van der Waals surface area contributed by atoms with Crippen LogP contribution in [0.15, 0.2) is 27.5 Å². The van der Waals surface area contributed by atoms with Crippen molar-refractivity contribution in [2.45, 2.75) is 77.3 Å². The van der Waals surface area contributed by atoms with Gasteiger partial charge in [0, 0.05) is 36.1 Å². The van der Waals surface area contributed by atoms with Crippen LogP contribution in [0, 0.1) is 6.92 Å². The zero-order chi connectivity index (χ0) is 21.3. The molecule has 29 heavy (non-hydrogen) atoms. The number of hydrogen-bond acceptors (Lipinski definition) is 4. The van der Waals surface area contributed by atoms with Gasteiger partial charge in [-0.15, -0.1) is 0 Å². The van der Waals surface area contributed by atoms with Crippen molar-refractivity contribution >= 4 is 26.9 Å². The van der Waals surface area contributed by atoms with Gasteiger partial charge in [0.25, 0.3) is 5.91 Å². The summed E-state index contributed by atoms with van der Waals surface area (Å²) in [6.45, 7) is 10.8. The molecule has 0 unspecified atom stereocenters. The molecule has 3 rings (SSSR count). The molecule has 1 aliphatic heterocycles. The fraction of sp³-hybridized carbons (Fsp3) is 0.591. The van der Waals surface area contributed by atoms with E-state index in [4.69, 9.17) is 4.42 Å². The van der Waals surface area contributed by atoms with Gasteiger partial charge in [0.2, 0.25) is 10.0 Å². The van der Waals surface area contributed by atoms with Crippen LogP contribution in [-0.2, 0) is 10.0 Å². The van der Waals surface area contributed by atoms with Gasteiger partial charge in [0.1, 0.15) is 5.58 Å². The number of amides is 1. The highest BCUT2D eigenvalue weighted by Gasteiger charge is 2.29. The number of rotatable bonds is 5. The van der Waals surface area contributed by atoms with Crippen LogP contribution >= 0.6 is 0 Å². The van der Waals surface area contributed by atoms with Gasteiger partial charge in [-0.3, -0.25) is 4.79 Å². The zero-order valence-electron chi connectivity index (χ0n) is 18.1. The van der Waals surface area contributed by atoms with E-state index in [9.17, 15) is 13.2 Å². The van der Waals surface area contributed by atoms with Crippen molar-refractivity contribution in [1.29, 1.82) is 0 Å². The summed E-state index contributed by atoms with van der Waals surface area (Å²) in [4.78, 5) is 15.1. The van der Waals surface area contributed by atoms with Gasteiger partial charge in [-0.2, -0.15) is 4.31 Å². The van der Waals surface area contributed by atoms with E-state index in [0.29, 0.717) is 29.6 Å². The molecule has 0 radical (unpaired) electrons. The number of carbonyl (C=O) groups is 1. The van der Waals surface area contributed by atoms with Gasteiger partial charge < -0.3 is 9.32 Å². The Kier molecular flexibility index (Phi) is 6.39. The van der Waals surface area contributed by atoms with E-state index in [2.05, 4.69) is 0 Å². The zero-order valence-corrected chi connectivity index (χ0v) is 18.9. The summed E-state index contributed by atoms with van der Waals surface area (Å²) in [5.74, 6) is 0.118. The van der Waals surface area contributed by atoms with Gasteiger partial charge >= 0.3 is 0 Å². The Hall–Kier alpha value is -1.86. The lowest BCUT2D eigenvalue weighted by molar-refractivity contribution is 0.0612. The number of carbonyl (C=O) groups excluding carboxylic acids is 1. The second kappa shape index (κ2) is 8.48. The van der Waals surface area contributed by atoms with E-state index in [0.717, 1.165) is 25.7 Å². The van der Waals surface area contributed by atoms with Gasteiger partial charge in [0.05, 0.1) is 4.90 Å². The maximum absolute atomic E-state index is 13.1. The lowest BCUT2D eigenvalue weighted by Gasteiger charge is -2.30. The molecular formula is C22H32N2O4S. The summed E-state index contributed by atoms with van der Waals surface area (Å²) in [7, 11) is -3.55. The maximum atomic E-state index is 13.1. The third kappa shape index (κ3) is 4.21. The van der Waals surface area contributed by atoms with E-state index < -0.39 is 10.0 Å². The molecule has 1 aliphatic rings. The van der Waals surface area contributed by atoms with E-state index in [1.54, 1.807) is 27.4 Å². The maximum Gasteiger partial charge on any atom is 0.290 e. The van der Waals surface area contributed by atoms with Crippen molar-refractivity contribution in [3.63, 3.8) is 0 Å². The predicted molar refractivity (Wildman–Crippen MR) is 115 cm³/mol. The first kappa shape index (κ1) is 21.8. The third-order valence-electron chi connectivity index (χ3n) is 5.65. The number of aryl methyl sites for hydroxylation is 1. The van der Waals surface area contributed by atoms with E-state index in [-0.39, 0.29) is 28.6 Å². The Morgan fingerprint density at radius 2 is 1.62 bits per heavy atom. The SMILES string of the molecule is Cc1c(C(=O)N(C(C)C)C(C)C)oc2ccc(S(=O)(=O)N3CCCCCC3)cc12. The molecule has 1 aromatic heterocycles. The first-order valence-electron chi connectivity index (χ1n) is 10.5. The van der Waals surface area contributed by atoms with Crippen LogP contribution in [0.5, 0.6) is 0 Å². The Balaban J connectivity index is 2.01. The average molecular weight is 421 g/mol. The van der Waals surface area contributed by atoms with Crippen molar-refractivity contribution in [2.75, 3.05) is 13.1 Å². The number of hydrogen-bond donors (Lipinski definition) is 0. The molecule has 6 nitrogen and oxygen atoms in total. The Labute approximate surface area is 173 Å². The summed E-state index contributed by atoms with van der Waals surface area (Å²) in [5, 5.41) is 0.678. The number of sulfonamides is 1. The van der Waals surface area contributed by atoms with E-state index in [1.165, 1.54) is 0 Å². The molecule has 0 N–H and O–H groups in total. The molecule has 0 aliphatic carbocycles. The van der Waals surface area contributed by atoms with Crippen LogP contribution in [0.3, 0.4) is 0 Å². The summed E-state index contributed by atoms with van der Waals surface area (Å²) >= 11 is 0. The Morgan fingerprint density at radius 3 is 2.17 bits per heavy atom.